The molecule has 2 nitrogen and oxygen atoms in total. The summed E-state index contributed by atoms with van der Waals surface area (Å²) in [5.41, 5.74) is 7.66. The number of aliphatic hydroxyl groups is 1. The zero-order valence-corrected chi connectivity index (χ0v) is 11.0. The molecule has 15 heavy (non-hydrogen) atoms. The van der Waals surface area contributed by atoms with Crippen molar-refractivity contribution in [1.82, 2.24) is 0 Å². The number of rotatable bonds is 3. The van der Waals surface area contributed by atoms with Gasteiger partial charge in [0, 0.05) is 5.69 Å². The van der Waals surface area contributed by atoms with Crippen LogP contribution in [-0.2, 0) is 25.8 Å². The van der Waals surface area contributed by atoms with Crippen LogP contribution in [0.15, 0.2) is 36.9 Å². The number of aliphatic hydroxyl groups excluding tert-OH is 1. The molecule has 0 aliphatic carbocycles. The number of hydrogen-bond acceptors (Lipinski definition) is 2. The predicted molar refractivity (Wildman–Crippen MR) is 64.6 cm³/mol. The Balaban J connectivity index is 0. The van der Waals surface area contributed by atoms with Crippen molar-refractivity contribution in [1.29, 1.82) is 0 Å². The third-order valence-electron chi connectivity index (χ3n) is 1.49. The molecule has 3 N–H and O–H groups in total. The fourth-order valence-electron chi connectivity index (χ4n) is 0.876. The van der Waals surface area contributed by atoms with Crippen LogP contribution in [0.25, 0.3) is 0 Å². The second kappa shape index (κ2) is 11.4. The number of para-hydroxylation sites is 1. The average Bonchev–Trinajstić information content (AvgIpc) is 2.22. The maximum atomic E-state index is 7.84. The molecular weight excluding hydrogens is 358 g/mol. The molecule has 0 atom stereocenters. The molecule has 0 unspecified atom stereocenters. The first-order valence-corrected chi connectivity index (χ1v) is 5.94. The Hall–Kier alpha value is -0.722. The second-order valence-electron chi connectivity index (χ2n) is 2.54. The van der Waals surface area contributed by atoms with E-state index in [-0.39, 0.29) is 14.0 Å². The summed E-state index contributed by atoms with van der Waals surface area (Å²) in [7, 11) is 0. The van der Waals surface area contributed by atoms with E-state index in [1.54, 1.807) is 4.40 Å². The molecule has 0 aliphatic rings. The van der Waals surface area contributed by atoms with Gasteiger partial charge < -0.3 is 5.73 Å². The predicted octanol–water partition coefficient (Wildman–Crippen LogP) is 1.96. The van der Waals surface area contributed by atoms with E-state index in [1.165, 1.54) is 19.4 Å². The fraction of sp³-hybridized carbons (Fsp3) is 0.250. The van der Waals surface area contributed by atoms with Crippen molar-refractivity contribution in [2.45, 2.75) is 13.8 Å². The number of hydrogen-bond donors (Lipinski definition) is 2. The molecule has 0 aliphatic heterocycles. The van der Waals surface area contributed by atoms with Gasteiger partial charge in [-0.05, 0) is 18.1 Å². The second-order valence-corrected chi connectivity index (χ2v) is 3.74. The van der Waals surface area contributed by atoms with Gasteiger partial charge in [0.1, 0.15) is 0 Å². The first-order chi connectivity index (χ1) is 6.76. The van der Waals surface area contributed by atoms with Crippen molar-refractivity contribution in [3.63, 3.8) is 0 Å². The molecule has 0 saturated carbocycles. The summed E-state index contributed by atoms with van der Waals surface area (Å²) < 4.78 is 1.76. The first kappa shape index (κ1) is 16.7. The molecule has 0 fully saturated rings. The maximum absolute atomic E-state index is 7.84. The van der Waals surface area contributed by atoms with Crippen LogP contribution in [0.4, 0.5) is 5.69 Å². The van der Waals surface area contributed by atoms with Gasteiger partial charge >= 0.3 is 35.5 Å². The summed E-state index contributed by atoms with van der Waals surface area (Å²) in [6.07, 6.45) is 2.71. The van der Waals surface area contributed by atoms with Crippen molar-refractivity contribution in [2.75, 3.05) is 12.3 Å². The molecule has 0 bridgehead atoms. The quantitative estimate of drug-likeness (QED) is 0.625. The Morgan fingerprint density at radius 3 is 2.33 bits per heavy atom. The summed E-state index contributed by atoms with van der Waals surface area (Å²) in [5, 5.41) is 7.84. The summed E-state index contributed by atoms with van der Waals surface area (Å²) in [5.74, 6) is 0. The van der Waals surface area contributed by atoms with Crippen LogP contribution in [0.5, 0.6) is 0 Å². The van der Waals surface area contributed by atoms with Crippen LogP contribution in [0.2, 0.25) is 0 Å². The minimum atomic E-state index is 0. The van der Waals surface area contributed by atoms with Gasteiger partial charge in [-0.2, -0.15) is 0 Å². The standard InChI is InChI=1S/C9H11N.C2H4O.CH4.W/c1-2-5-8-6-3-4-7-9(8)10;1-2-3;;/h2-4,6-7H,1,5,10H2;1,3H,2H2;1H4;. The van der Waals surface area contributed by atoms with E-state index >= 15 is 0 Å². The van der Waals surface area contributed by atoms with Crippen LogP contribution in [0.3, 0.4) is 0 Å². The number of anilines is 1. The van der Waals surface area contributed by atoms with Gasteiger partial charge in [-0.3, -0.25) is 0 Å². The van der Waals surface area contributed by atoms with Crippen molar-refractivity contribution in [3.05, 3.63) is 42.5 Å². The van der Waals surface area contributed by atoms with Crippen LogP contribution in [-0.4, -0.2) is 16.1 Å². The van der Waals surface area contributed by atoms with Gasteiger partial charge in [-0.1, -0.05) is 31.7 Å². The monoisotopic (exact) mass is 377 g/mol. The van der Waals surface area contributed by atoms with Gasteiger partial charge in [0.05, 0.1) is 0 Å². The van der Waals surface area contributed by atoms with E-state index in [0.29, 0.717) is 0 Å². The van der Waals surface area contributed by atoms with E-state index in [0.717, 1.165) is 17.7 Å². The van der Waals surface area contributed by atoms with Gasteiger partial charge in [-0.25, -0.2) is 0 Å². The molecule has 0 spiro atoms. The number of nitrogen functional groups attached to an aromatic ring is 1. The number of allylic oxidation sites excluding steroid dienone is 1. The zero-order valence-electron chi connectivity index (χ0n) is 8.02. The van der Waals surface area contributed by atoms with Crippen LogP contribution in [0.1, 0.15) is 13.0 Å². The molecule has 0 radical (unpaired) electrons. The molecule has 84 valence electrons. The molecule has 0 heterocycles. The van der Waals surface area contributed by atoms with E-state index < -0.39 is 0 Å². The van der Waals surface area contributed by atoms with Gasteiger partial charge in [0.15, 0.2) is 0 Å². The van der Waals surface area contributed by atoms with Gasteiger partial charge in [-0.15, -0.1) is 6.58 Å². The van der Waals surface area contributed by atoms with E-state index in [9.17, 15) is 0 Å². The van der Waals surface area contributed by atoms with E-state index in [2.05, 4.69) is 6.58 Å². The Morgan fingerprint density at radius 1 is 1.40 bits per heavy atom. The summed E-state index contributed by atoms with van der Waals surface area (Å²) >= 11 is 1.33. The van der Waals surface area contributed by atoms with Gasteiger partial charge in [0.2, 0.25) is 0 Å². The van der Waals surface area contributed by atoms with Crippen LogP contribution in [0, 0.1) is 0 Å². The fourth-order valence-corrected chi connectivity index (χ4v) is 0.876. The van der Waals surface area contributed by atoms with Crippen molar-refractivity contribution >= 4 is 10.1 Å². The molecule has 0 saturated heterocycles. The van der Waals surface area contributed by atoms with E-state index in [4.69, 9.17) is 10.8 Å². The molecule has 1 aromatic rings. The summed E-state index contributed by atoms with van der Waals surface area (Å²) in [4.78, 5) is 0. The number of benzene rings is 1. The van der Waals surface area contributed by atoms with Crippen molar-refractivity contribution in [3.8, 4) is 0 Å². The Kier molecular flexibility index (Phi) is 12.6. The summed E-state index contributed by atoms with van der Waals surface area (Å²) in [6, 6.07) is 7.83. The third-order valence-corrected chi connectivity index (χ3v) is 2.03. The molecule has 1 aromatic carbocycles. The molecule has 0 aromatic heterocycles. The number of nitrogens with two attached hydrogens (primary N) is 1. The summed E-state index contributed by atoms with van der Waals surface area (Å²) in [6.45, 7) is 3.87. The SMILES string of the molecule is C.C=CCc1ccccc1N.OC[CH]=[W]. The Morgan fingerprint density at radius 2 is 1.93 bits per heavy atom. The van der Waals surface area contributed by atoms with Crippen LogP contribution < -0.4 is 5.73 Å². The molecule has 3 heteroatoms. The minimum absolute atomic E-state index is 0. The van der Waals surface area contributed by atoms with E-state index in [1.807, 2.05) is 30.3 Å². The third kappa shape index (κ3) is 8.28. The molecular formula is C12H19NOW. The average molecular weight is 377 g/mol. The Labute approximate surface area is 103 Å². The molecule has 1 rings (SSSR count). The zero-order chi connectivity index (χ0) is 10.8. The topological polar surface area (TPSA) is 46.2 Å². The van der Waals surface area contributed by atoms with Crippen molar-refractivity contribution in [2.24, 2.45) is 0 Å². The van der Waals surface area contributed by atoms with Crippen LogP contribution >= 0.6 is 0 Å². The van der Waals surface area contributed by atoms with Gasteiger partial charge in [0.25, 0.3) is 0 Å². The molecule has 0 amide bonds. The first-order valence-electron chi connectivity index (χ1n) is 4.25. The normalized spacial score (nSPS) is 7.80. The Bertz CT molecular complexity index is 287. The van der Waals surface area contributed by atoms with Crippen molar-refractivity contribution < 1.29 is 24.5 Å².